The normalized spacial score (nSPS) is 23.1. The van der Waals surface area contributed by atoms with Crippen molar-refractivity contribution in [2.75, 3.05) is 13.2 Å². The molecule has 2 heterocycles. The topological polar surface area (TPSA) is 95.1 Å². The Balaban J connectivity index is 0.000000211. The Morgan fingerprint density at radius 1 is 0.711 bits per heavy atom. The van der Waals surface area contributed by atoms with Crippen molar-refractivity contribution < 1.29 is 28.5 Å². The number of nitrogens with one attached hydrogen (secondary N) is 2. The van der Waals surface area contributed by atoms with Gasteiger partial charge in [-0.1, -0.05) is 48.5 Å². The Hall–Kier alpha value is -2.78. The van der Waals surface area contributed by atoms with E-state index < -0.39 is 11.6 Å². The predicted molar refractivity (Wildman–Crippen MR) is 145 cm³/mol. The van der Waals surface area contributed by atoms with Gasteiger partial charge in [0.15, 0.2) is 11.6 Å². The number of amides is 2. The fourth-order valence-electron chi connectivity index (χ4n) is 4.84. The van der Waals surface area contributed by atoms with Gasteiger partial charge in [0, 0.05) is 13.8 Å². The predicted octanol–water partition coefficient (Wildman–Crippen LogP) is 5.42. The third-order valence-corrected chi connectivity index (χ3v) is 6.48. The van der Waals surface area contributed by atoms with Gasteiger partial charge in [-0.2, -0.15) is 0 Å². The zero-order valence-electron chi connectivity index (χ0n) is 23.8. The molecule has 2 aromatic carbocycles. The van der Waals surface area contributed by atoms with Crippen molar-refractivity contribution in [3.63, 3.8) is 0 Å². The molecule has 8 nitrogen and oxygen atoms in total. The molecule has 2 amide bonds. The second-order valence-electron chi connectivity index (χ2n) is 10.7. The number of benzene rings is 2. The van der Waals surface area contributed by atoms with E-state index >= 15 is 0 Å². The van der Waals surface area contributed by atoms with Gasteiger partial charge in [-0.25, -0.2) is 0 Å². The summed E-state index contributed by atoms with van der Waals surface area (Å²) in [5.41, 5.74) is 4.30. The largest absolute Gasteiger partial charge is 0.350 e. The molecule has 0 aromatic heterocycles. The Bertz CT molecular complexity index is 1030. The highest BCUT2D eigenvalue weighted by atomic mass is 16.7. The van der Waals surface area contributed by atoms with Crippen LogP contribution in [0.15, 0.2) is 48.5 Å². The molecule has 0 spiro atoms. The molecule has 2 aliphatic heterocycles. The monoisotopic (exact) mass is 526 g/mol. The summed E-state index contributed by atoms with van der Waals surface area (Å²) in [6.45, 7) is 15.7. The van der Waals surface area contributed by atoms with Crippen LogP contribution in [0, 0.1) is 0 Å². The van der Waals surface area contributed by atoms with Crippen molar-refractivity contribution in [3.05, 3.63) is 70.8 Å². The molecule has 4 rings (SSSR count). The Morgan fingerprint density at radius 3 is 1.34 bits per heavy atom. The van der Waals surface area contributed by atoms with E-state index in [1.807, 2.05) is 90.1 Å². The van der Waals surface area contributed by atoms with Crippen LogP contribution in [-0.2, 0) is 28.5 Å². The van der Waals surface area contributed by atoms with Gasteiger partial charge in [-0.15, -0.1) is 0 Å². The molecule has 2 aromatic rings. The molecule has 0 radical (unpaired) electrons. The van der Waals surface area contributed by atoms with E-state index in [0.717, 1.165) is 22.3 Å². The van der Waals surface area contributed by atoms with Gasteiger partial charge < -0.3 is 29.6 Å². The number of carbonyl (C=O) groups is 2. The molecular formula is C30H42N2O6. The van der Waals surface area contributed by atoms with E-state index in [1.54, 1.807) is 0 Å². The van der Waals surface area contributed by atoms with Gasteiger partial charge in [0.1, 0.15) is 12.2 Å². The maximum atomic E-state index is 11.2. The number of rotatable bonds is 6. The van der Waals surface area contributed by atoms with Crippen molar-refractivity contribution in [1.82, 2.24) is 10.6 Å². The average molecular weight is 527 g/mol. The summed E-state index contributed by atoms with van der Waals surface area (Å²) in [5.74, 6) is -1.17. The summed E-state index contributed by atoms with van der Waals surface area (Å²) in [5, 5.41) is 5.82. The van der Waals surface area contributed by atoms with Crippen molar-refractivity contribution >= 4 is 11.8 Å². The van der Waals surface area contributed by atoms with E-state index in [2.05, 4.69) is 10.6 Å². The fraction of sp³-hybridized carbons (Fsp3) is 0.533. The minimum atomic E-state index is -0.547. The van der Waals surface area contributed by atoms with Crippen LogP contribution < -0.4 is 10.6 Å². The summed E-state index contributed by atoms with van der Waals surface area (Å²) < 4.78 is 23.0. The molecule has 0 saturated carbocycles. The van der Waals surface area contributed by atoms with E-state index in [0.29, 0.717) is 13.2 Å². The lowest BCUT2D eigenvalue weighted by molar-refractivity contribution is -0.139. The van der Waals surface area contributed by atoms with Crippen molar-refractivity contribution in [1.29, 1.82) is 0 Å². The van der Waals surface area contributed by atoms with E-state index in [1.165, 1.54) is 13.8 Å². The minimum Gasteiger partial charge on any atom is -0.350 e. The highest BCUT2D eigenvalue weighted by Crippen LogP contribution is 2.37. The number of hydrogen-bond acceptors (Lipinski definition) is 6. The van der Waals surface area contributed by atoms with Gasteiger partial charge in [0.2, 0.25) is 11.8 Å². The van der Waals surface area contributed by atoms with Gasteiger partial charge >= 0.3 is 0 Å². The second kappa shape index (κ2) is 12.4. The smallest absolute Gasteiger partial charge is 0.217 e. The zero-order valence-corrected chi connectivity index (χ0v) is 23.8. The summed E-state index contributed by atoms with van der Waals surface area (Å²) in [4.78, 5) is 22.4. The highest BCUT2D eigenvalue weighted by molar-refractivity contribution is 5.73. The standard InChI is InChI=1S/2C15H21NO3/c2*1-10(16-11(2)17)12-7-5-6-8-13(12)14-9-18-15(3,4)19-14/h2*5-8,10,14H,9H2,1-4H3,(H,16,17)/t10-,14+;10-,14-/m00/s1. The Kier molecular flexibility index (Phi) is 9.70. The maximum absolute atomic E-state index is 11.2. The van der Waals surface area contributed by atoms with Crippen LogP contribution in [0.3, 0.4) is 0 Å². The van der Waals surface area contributed by atoms with Gasteiger partial charge in [-0.3, -0.25) is 9.59 Å². The van der Waals surface area contributed by atoms with Crippen molar-refractivity contribution in [2.24, 2.45) is 0 Å². The molecule has 208 valence electrons. The van der Waals surface area contributed by atoms with Crippen LogP contribution in [0.25, 0.3) is 0 Å². The van der Waals surface area contributed by atoms with E-state index in [9.17, 15) is 9.59 Å². The molecule has 8 heteroatoms. The summed E-state index contributed by atoms with van der Waals surface area (Å²) in [6.07, 6.45) is -0.162. The zero-order chi connectivity index (χ0) is 28.1. The fourth-order valence-corrected chi connectivity index (χ4v) is 4.84. The summed E-state index contributed by atoms with van der Waals surface area (Å²) in [7, 11) is 0. The van der Waals surface area contributed by atoms with Gasteiger partial charge in [0.05, 0.1) is 25.3 Å². The molecule has 2 fully saturated rings. The second-order valence-corrected chi connectivity index (χ2v) is 10.7. The first kappa shape index (κ1) is 29.8. The molecule has 0 unspecified atom stereocenters. The lowest BCUT2D eigenvalue weighted by atomic mass is 9.97. The van der Waals surface area contributed by atoms with Crippen LogP contribution in [0.4, 0.5) is 0 Å². The highest BCUT2D eigenvalue weighted by Gasteiger charge is 2.36. The average Bonchev–Trinajstić information content (AvgIpc) is 3.39. The van der Waals surface area contributed by atoms with Crippen LogP contribution in [0.5, 0.6) is 0 Å². The van der Waals surface area contributed by atoms with Gasteiger partial charge in [-0.05, 0) is 63.8 Å². The molecule has 2 aliphatic rings. The first-order valence-corrected chi connectivity index (χ1v) is 13.1. The van der Waals surface area contributed by atoms with Gasteiger partial charge in [0.25, 0.3) is 0 Å². The van der Waals surface area contributed by atoms with Crippen LogP contribution in [0.1, 0.15) is 102 Å². The van der Waals surface area contributed by atoms with Crippen LogP contribution >= 0.6 is 0 Å². The molecule has 2 N–H and O–H groups in total. The van der Waals surface area contributed by atoms with Crippen molar-refractivity contribution in [2.45, 2.75) is 91.3 Å². The number of carbonyl (C=O) groups excluding carboxylic acids is 2. The summed E-state index contributed by atoms with van der Waals surface area (Å²) in [6, 6.07) is 15.9. The third-order valence-electron chi connectivity index (χ3n) is 6.48. The lowest BCUT2D eigenvalue weighted by Gasteiger charge is -2.21. The third kappa shape index (κ3) is 8.11. The number of ether oxygens (including phenoxy) is 4. The molecule has 4 atom stereocenters. The van der Waals surface area contributed by atoms with Crippen LogP contribution in [0.2, 0.25) is 0 Å². The van der Waals surface area contributed by atoms with Crippen molar-refractivity contribution in [3.8, 4) is 0 Å². The first-order valence-electron chi connectivity index (χ1n) is 13.1. The molecule has 0 bridgehead atoms. The number of hydrogen-bond donors (Lipinski definition) is 2. The minimum absolute atomic E-state index is 0.0359. The first-order chi connectivity index (χ1) is 17.8. The lowest BCUT2D eigenvalue weighted by Crippen LogP contribution is -2.25. The maximum Gasteiger partial charge on any atom is 0.217 e. The van der Waals surface area contributed by atoms with E-state index in [-0.39, 0.29) is 36.1 Å². The molecule has 0 aliphatic carbocycles. The molecule has 38 heavy (non-hydrogen) atoms. The quantitative estimate of drug-likeness (QED) is 0.522. The van der Waals surface area contributed by atoms with E-state index in [4.69, 9.17) is 18.9 Å². The molecular weight excluding hydrogens is 484 g/mol. The van der Waals surface area contributed by atoms with Crippen LogP contribution in [-0.4, -0.2) is 36.6 Å². The Morgan fingerprint density at radius 2 is 1.05 bits per heavy atom. The molecule has 2 saturated heterocycles. The summed E-state index contributed by atoms with van der Waals surface area (Å²) >= 11 is 0. The SMILES string of the molecule is CC(=O)N[C@@H](C)c1ccccc1[C@@H]1COC(C)(C)O1.CC(=O)N[C@@H](C)c1ccccc1[C@H]1COC(C)(C)O1. The Labute approximate surface area is 226 Å².